The number of fused-ring (bicyclic) bond motifs is 1. The SMILES string of the molecule is CC(C)(C)C1CCC(C(=O)OCc2cc(=O)n3cc(Br)ccc3n2)CC1. The molecule has 0 bridgehead atoms. The van der Waals surface area contributed by atoms with Gasteiger partial charge in [-0.05, 0) is 65.1 Å². The van der Waals surface area contributed by atoms with Crippen LogP contribution in [0.4, 0.5) is 0 Å². The van der Waals surface area contributed by atoms with E-state index in [0.29, 0.717) is 22.7 Å². The van der Waals surface area contributed by atoms with Crippen molar-refractivity contribution in [1.29, 1.82) is 0 Å². The largest absolute Gasteiger partial charge is 0.459 e. The van der Waals surface area contributed by atoms with Gasteiger partial charge < -0.3 is 4.74 Å². The Morgan fingerprint density at radius 2 is 1.96 bits per heavy atom. The van der Waals surface area contributed by atoms with Crippen molar-refractivity contribution in [3.8, 4) is 0 Å². The first-order chi connectivity index (χ1) is 12.2. The number of hydrogen-bond acceptors (Lipinski definition) is 4. The third kappa shape index (κ3) is 4.34. The molecule has 5 nitrogen and oxygen atoms in total. The standard InChI is InChI=1S/C20H25BrN2O3/c1-20(2,3)14-6-4-13(5-7-14)19(25)26-12-16-10-18(24)23-11-15(21)8-9-17(23)22-16/h8-11,13-14H,4-7,12H2,1-3H3. The van der Waals surface area contributed by atoms with Crippen LogP contribution in [-0.2, 0) is 16.1 Å². The fraction of sp³-hybridized carbons (Fsp3) is 0.550. The van der Waals surface area contributed by atoms with Gasteiger partial charge in [-0.2, -0.15) is 0 Å². The molecule has 26 heavy (non-hydrogen) atoms. The van der Waals surface area contributed by atoms with Crippen LogP contribution in [0.3, 0.4) is 0 Å². The van der Waals surface area contributed by atoms with Gasteiger partial charge in [0.1, 0.15) is 12.3 Å². The van der Waals surface area contributed by atoms with Gasteiger partial charge in [-0.15, -0.1) is 0 Å². The van der Waals surface area contributed by atoms with E-state index in [2.05, 4.69) is 41.7 Å². The van der Waals surface area contributed by atoms with Crippen molar-refractivity contribution in [1.82, 2.24) is 9.38 Å². The molecule has 0 saturated heterocycles. The number of ether oxygens (including phenoxy) is 1. The first kappa shape index (κ1) is 19.1. The monoisotopic (exact) mass is 420 g/mol. The first-order valence-corrected chi connectivity index (χ1v) is 9.88. The molecule has 1 aliphatic carbocycles. The van der Waals surface area contributed by atoms with Crippen molar-refractivity contribution in [3.63, 3.8) is 0 Å². The van der Waals surface area contributed by atoms with Crippen LogP contribution in [0.25, 0.3) is 5.65 Å². The zero-order valence-electron chi connectivity index (χ0n) is 15.5. The summed E-state index contributed by atoms with van der Waals surface area (Å²) in [6.07, 6.45) is 5.56. The zero-order valence-corrected chi connectivity index (χ0v) is 17.1. The summed E-state index contributed by atoms with van der Waals surface area (Å²) in [4.78, 5) is 29.0. The number of hydrogen-bond donors (Lipinski definition) is 0. The molecular weight excluding hydrogens is 396 g/mol. The number of esters is 1. The van der Waals surface area contributed by atoms with Crippen LogP contribution >= 0.6 is 15.9 Å². The molecule has 0 N–H and O–H groups in total. The lowest BCUT2D eigenvalue weighted by Crippen LogP contribution is -2.29. The van der Waals surface area contributed by atoms with E-state index in [4.69, 9.17) is 4.74 Å². The molecule has 3 rings (SSSR count). The van der Waals surface area contributed by atoms with Gasteiger partial charge >= 0.3 is 5.97 Å². The Labute approximate surface area is 161 Å². The van der Waals surface area contributed by atoms with Crippen molar-refractivity contribution in [2.75, 3.05) is 0 Å². The Morgan fingerprint density at radius 1 is 1.27 bits per heavy atom. The summed E-state index contributed by atoms with van der Waals surface area (Å²) in [5, 5.41) is 0. The van der Waals surface area contributed by atoms with Gasteiger partial charge in [0.15, 0.2) is 0 Å². The molecule has 1 aliphatic rings. The number of rotatable bonds is 3. The molecule has 0 aromatic carbocycles. The van der Waals surface area contributed by atoms with E-state index >= 15 is 0 Å². The number of aromatic nitrogens is 2. The van der Waals surface area contributed by atoms with E-state index < -0.39 is 0 Å². The predicted octanol–water partition coefficient (Wildman–Crippen LogP) is 4.35. The maximum atomic E-state index is 12.4. The zero-order chi connectivity index (χ0) is 18.9. The lowest BCUT2D eigenvalue weighted by atomic mass is 9.70. The van der Waals surface area contributed by atoms with E-state index in [9.17, 15) is 9.59 Å². The Bertz CT molecular complexity index is 861. The lowest BCUT2D eigenvalue weighted by Gasteiger charge is -2.36. The molecule has 2 aromatic rings. The third-order valence-corrected chi connectivity index (χ3v) is 5.79. The highest BCUT2D eigenvalue weighted by Gasteiger charge is 2.33. The predicted molar refractivity (Wildman–Crippen MR) is 104 cm³/mol. The van der Waals surface area contributed by atoms with Gasteiger partial charge in [0.05, 0.1) is 11.6 Å². The number of carbonyl (C=O) groups excluding carboxylic acids is 1. The van der Waals surface area contributed by atoms with Gasteiger partial charge in [0, 0.05) is 16.7 Å². The minimum Gasteiger partial charge on any atom is -0.459 e. The second kappa shape index (κ2) is 7.51. The van der Waals surface area contributed by atoms with E-state index in [-0.39, 0.29) is 24.1 Å². The summed E-state index contributed by atoms with van der Waals surface area (Å²) < 4.78 is 7.72. The second-order valence-corrected chi connectivity index (χ2v) is 9.10. The van der Waals surface area contributed by atoms with Gasteiger partial charge in [0.25, 0.3) is 5.56 Å². The summed E-state index contributed by atoms with van der Waals surface area (Å²) in [7, 11) is 0. The molecule has 2 heterocycles. The number of nitrogens with zero attached hydrogens (tertiary/aromatic N) is 2. The van der Waals surface area contributed by atoms with E-state index in [0.717, 1.165) is 30.2 Å². The summed E-state index contributed by atoms with van der Waals surface area (Å²) in [6.45, 7) is 6.83. The Balaban J connectivity index is 1.61. The van der Waals surface area contributed by atoms with Gasteiger partial charge in [-0.1, -0.05) is 20.8 Å². The first-order valence-electron chi connectivity index (χ1n) is 9.08. The topological polar surface area (TPSA) is 60.7 Å². The average Bonchev–Trinajstić information content (AvgIpc) is 2.59. The van der Waals surface area contributed by atoms with E-state index in [1.165, 1.54) is 10.5 Å². The van der Waals surface area contributed by atoms with Gasteiger partial charge in [-0.3, -0.25) is 14.0 Å². The van der Waals surface area contributed by atoms with E-state index in [1.54, 1.807) is 12.3 Å². The van der Waals surface area contributed by atoms with Gasteiger partial charge in [0.2, 0.25) is 0 Å². The Hall–Kier alpha value is -1.69. The van der Waals surface area contributed by atoms with Crippen LogP contribution in [-0.4, -0.2) is 15.4 Å². The molecule has 0 unspecified atom stereocenters. The summed E-state index contributed by atoms with van der Waals surface area (Å²) in [5.74, 6) is 0.453. The van der Waals surface area contributed by atoms with Crippen LogP contribution in [0.15, 0.2) is 33.7 Å². The molecule has 0 spiro atoms. The van der Waals surface area contributed by atoms with Crippen molar-refractivity contribution < 1.29 is 9.53 Å². The highest BCUT2D eigenvalue weighted by Crippen LogP contribution is 2.40. The van der Waals surface area contributed by atoms with Crippen molar-refractivity contribution in [2.24, 2.45) is 17.3 Å². The summed E-state index contributed by atoms with van der Waals surface area (Å²) in [6, 6.07) is 5.00. The Kier molecular flexibility index (Phi) is 5.51. The number of halogens is 1. The van der Waals surface area contributed by atoms with Crippen molar-refractivity contribution in [3.05, 3.63) is 44.9 Å². The van der Waals surface area contributed by atoms with Crippen LogP contribution in [0.5, 0.6) is 0 Å². The van der Waals surface area contributed by atoms with Crippen LogP contribution < -0.4 is 5.56 Å². The molecule has 0 aliphatic heterocycles. The summed E-state index contributed by atoms with van der Waals surface area (Å²) in [5.41, 5.74) is 1.13. The minimum atomic E-state index is -0.187. The quantitative estimate of drug-likeness (QED) is 0.692. The molecule has 0 radical (unpaired) electrons. The fourth-order valence-electron chi connectivity index (χ4n) is 3.66. The van der Waals surface area contributed by atoms with Crippen molar-refractivity contribution in [2.45, 2.75) is 53.1 Å². The second-order valence-electron chi connectivity index (χ2n) is 8.18. The Morgan fingerprint density at radius 3 is 2.62 bits per heavy atom. The highest BCUT2D eigenvalue weighted by atomic mass is 79.9. The maximum Gasteiger partial charge on any atom is 0.309 e. The normalized spacial score (nSPS) is 20.9. The summed E-state index contributed by atoms with van der Waals surface area (Å²) >= 11 is 3.34. The lowest BCUT2D eigenvalue weighted by molar-refractivity contribution is -0.151. The smallest absolute Gasteiger partial charge is 0.309 e. The minimum absolute atomic E-state index is 0.0360. The molecule has 1 fully saturated rings. The molecular formula is C20H25BrN2O3. The average molecular weight is 421 g/mol. The molecule has 0 amide bonds. The van der Waals surface area contributed by atoms with Crippen molar-refractivity contribution >= 4 is 27.5 Å². The van der Waals surface area contributed by atoms with Gasteiger partial charge in [-0.25, -0.2) is 4.98 Å². The number of carbonyl (C=O) groups is 1. The van der Waals surface area contributed by atoms with Crippen LogP contribution in [0.2, 0.25) is 0 Å². The third-order valence-electron chi connectivity index (χ3n) is 5.32. The fourth-order valence-corrected chi connectivity index (χ4v) is 4.00. The highest BCUT2D eigenvalue weighted by molar-refractivity contribution is 9.10. The molecule has 2 aromatic heterocycles. The molecule has 0 atom stereocenters. The molecule has 140 valence electrons. The molecule has 6 heteroatoms. The number of pyridine rings is 1. The van der Waals surface area contributed by atoms with Crippen LogP contribution in [0.1, 0.15) is 52.1 Å². The maximum absolute atomic E-state index is 12.4. The van der Waals surface area contributed by atoms with E-state index in [1.807, 2.05) is 6.07 Å². The molecule has 1 saturated carbocycles. The van der Waals surface area contributed by atoms with Crippen LogP contribution in [0, 0.1) is 17.3 Å².